The average Bonchev–Trinajstić information content (AvgIpc) is 3.08. The Labute approximate surface area is 165 Å². The predicted octanol–water partition coefficient (Wildman–Crippen LogP) is 2.65. The Morgan fingerprint density at radius 1 is 1.22 bits per heavy atom. The number of nitrogens with zero attached hydrogens (tertiary/aromatic N) is 2. The van der Waals surface area contributed by atoms with Gasteiger partial charge in [-0.3, -0.25) is 0 Å². The molecule has 8 heteroatoms. The average molecular weight is 398 g/mol. The van der Waals surface area contributed by atoms with Crippen molar-refractivity contribution < 1.29 is 19.1 Å². The molecule has 1 aromatic rings. The van der Waals surface area contributed by atoms with E-state index in [0.29, 0.717) is 26.2 Å². The van der Waals surface area contributed by atoms with Gasteiger partial charge in [0.05, 0.1) is 19.8 Å². The Hall–Kier alpha value is -1.35. The van der Waals surface area contributed by atoms with Crippen molar-refractivity contribution in [1.82, 2.24) is 15.3 Å². The van der Waals surface area contributed by atoms with Gasteiger partial charge in [0.1, 0.15) is 0 Å². The molecule has 0 aromatic carbocycles. The fourth-order valence-corrected chi connectivity index (χ4v) is 4.51. The first-order valence-electron chi connectivity index (χ1n) is 9.91. The van der Waals surface area contributed by atoms with Crippen LogP contribution in [0.5, 0.6) is 5.06 Å². The normalized spacial score (nSPS) is 18.1. The quantitative estimate of drug-likeness (QED) is 0.647. The smallest absolute Gasteiger partial charge is 0.426 e. The third-order valence-electron chi connectivity index (χ3n) is 4.91. The zero-order valence-corrected chi connectivity index (χ0v) is 17.0. The summed E-state index contributed by atoms with van der Waals surface area (Å²) in [7, 11) is 1.60. The van der Waals surface area contributed by atoms with Crippen molar-refractivity contribution in [3.05, 3.63) is 16.5 Å². The molecular formula is C19H31N3O4S. The minimum absolute atomic E-state index is 0.431. The minimum Gasteiger partial charge on any atom is -0.484 e. The summed E-state index contributed by atoms with van der Waals surface area (Å²) in [6.45, 7) is 6.61. The highest BCUT2D eigenvalue weighted by Gasteiger charge is 2.22. The SMILES string of the molecule is COCCNC(=O)ON1CCc2sc(OCCCN3CCCCC3)cc2C1. The Kier molecular flexibility index (Phi) is 8.19. The van der Waals surface area contributed by atoms with Crippen LogP contribution in [0.3, 0.4) is 0 Å². The van der Waals surface area contributed by atoms with Gasteiger partial charge in [0, 0.05) is 31.6 Å². The Bertz CT molecular complexity index is 590. The molecule has 152 valence electrons. The molecule has 1 fully saturated rings. The summed E-state index contributed by atoms with van der Waals surface area (Å²) in [5.41, 5.74) is 1.20. The number of amides is 1. The molecule has 3 rings (SSSR count). The molecule has 0 bridgehead atoms. The molecule has 0 aliphatic carbocycles. The third-order valence-corrected chi connectivity index (χ3v) is 6.06. The monoisotopic (exact) mass is 397 g/mol. The Morgan fingerprint density at radius 2 is 2.07 bits per heavy atom. The number of hydroxylamine groups is 2. The van der Waals surface area contributed by atoms with Gasteiger partial charge < -0.3 is 24.5 Å². The summed E-state index contributed by atoms with van der Waals surface area (Å²) in [6, 6.07) is 2.10. The number of hydrogen-bond donors (Lipinski definition) is 1. The molecule has 1 saturated heterocycles. The second-order valence-electron chi connectivity index (χ2n) is 7.03. The number of likely N-dealkylation sites (tertiary alicyclic amines) is 1. The van der Waals surface area contributed by atoms with Crippen LogP contribution < -0.4 is 10.1 Å². The van der Waals surface area contributed by atoms with Crippen LogP contribution in [0, 0.1) is 0 Å². The van der Waals surface area contributed by atoms with E-state index < -0.39 is 6.09 Å². The van der Waals surface area contributed by atoms with Crippen molar-refractivity contribution in [3.63, 3.8) is 0 Å². The number of methoxy groups -OCH3 is 1. The van der Waals surface area contributed by atoms with Crippen LogP contribution in [0.1, 0.15) is 36.1 Å². The number of ether oxygens (including phenoxy) is 2. The number of piperidine rings is 1. The van der Waals surface area contributed by atoms with Crippen molar-refractivity contribution in [2.45, 2.75) is 38.6 Å². The zero-order chi connectivity index (χ0) is 18.9. The molecular weight excluding hydrogens is 366 g/mol. The van der Waals surface area contributed by atoms with E-state index >= 15 is 0 Å². The number of carbonyl (C=O) groups excluding carboxylic acids is 1. The topological polar surface area (TPSA) is 63.3 Å². The van der Waals surface area contributed by atoms with Gasteiger partial charge in [0.15, 0.2) is 5.06 Å². The molecule has 0 atom stereocenters. The number of nitrogens with one attached hydrogen (secondary N) is 1. The van der Waals surface area contributed by atoms with E-state index in [4.69, 9.17) is 14.3 Å². The summed E-state index contributed by atoms with van der Waals surface area (Å²) >= 11 is 1.72. The molecule has 3 heterocycles. The van der Waals surface area contributed by atoms with E-state index in [2.05, 4.69) is 16.3 Å². The number of rotatable bonds is 9. The van der Waals surface area contributed by atoms with Crippen LogP contribution in [0.2, 0.25) is 0 Å². The highest BCUT2D eigenvalue weighted by atomic mass is 32.1. The summed E-state index contributed by atoms with van der Waals surface area (Å²) in [4.78, 5) is 21.0. The molecule has 7 nitrogen and oxygen atoms in total. The van der Waals surface area contributed by atoms with Crippen molar-refractivity contribution >= 4 is 17.4 Å². The van der Waals surface area contributed by atoms with Crippen LogP contribution in [0.4, 0.5) is 4.79 Å². The van der Waals surface area contributed by atoms with Crippen molar-refractivity contribution in [2.24, 2.45) is 0 Å². The Balaban J connectivity index is 1.37. The van der Waals surface area contributed by atoms with E-state index in [9.17, 15) is 4.79 Å². The standard InChI is InChI=1S/C19H31N3O4S/c1-24-13-7-20-19(23)26-22-11-6-17-16(15-22)14-18(27-17)25-12-5-10-21-8-3-2-4-9-21/h14H,2-13,15H2,1H3,(H,20,23). The Morgan fingerprint density at radius 3 is 2.89 bits per heavy atom. The van der Waals surface area contributed by atoms with Gasteiger partial charge in [-0.2, -0.15) is 0 Å². The lowest BCUT2D eigenvalue weighted by atomic mass is 10.1. The maximum atomic E-state index is 11.8. The summed E-state index contributed by atoms with van der Waals surface area (Å²) < 4.78 is 10.9. The van der Waals surface area contributed by atoms with Crippen molar-refractivity contribution in [1.29, 1.82) is 0 Å². The molecule has 2 aliphatic rings. The van der Waals surface area contributed by atoms with Gasteiger partial charge in [0.25, 0.3) is 0 Å². The first-order chi connectivity index (χ1) is 13.2. The fraction of sp³-hybridized carbons (Fsp3) is 0.737. The van der Waals surface area contributed by atoms with Crippen molar-refractivity contribution in [2.75, 3.05) is 53.0 Å². The number of thiophene rings is 1. The van der Waals surface area contributed by atoms with Gasteiger partial charge in [0.2, 0.25) is 0 Å². The number of fused-ring (bicyclic) bond motifs is 1. The van der Waals surface area contributed by atoms with Gasteiger partial charge in [-0.1, -0.05) is 6.42 Å². The lowest BCUT2D eigenvalue weighted by Gasteiger charge is -2.26. The minimum atomic E-state index is -0.431. The molecule has 0 radical (unpaired) electrons. The summed E-state index contributed by atoms with van der Waals surface area (Å²) in [5.74, 6) is 0. The first kappa shape index (κ1) is 20.4. The summed E-state index contributed by atoms with van der Waals surface area (Å²) in [5, 5.41) is 5.35. The molecule has 2 aliphatic heterocycles. The molecule has 1 N–H and O–H groups in total. The fourth-order valence-electron chi connectivity index (χ4n) is 3.48. The highest BCUT2D eigenvalue weighted by Crippen LogP contribution is 2.33. The van der Waals surface area contributed by atoms with Gasteiger partial charge in [-0.05, 0) is 50.4 Å². The number of carbonyl (C=O) groups is 1. The molecule has 1 aromatic heterocycles. The molecule has 0 unspecified atom stereocenters. The third kappa shape index (κ3) is 6.64. The molecule has 0 saturated carbocycles. The van der Waals surface area contributed by atoms with Crippen LogP contribution >= 0.6 is 11.3 Å². The van der Waals surface area contributed by atoms with Crippen molar-refractivity contribution in [3.8, 4) is 5.06 Å². The largest absolute Gasteiger partial charge is 0.484 e. The lowest BCUT2D eigenvalue weighted by Crippen LogP contribution is -2.37. The van der Waals surface area contributed by atoms with Crippen LogP contribution in [-0.4, -0.2) is 69.1 Å². The zero-order valence-electron chi connectivity index (χ0n) is 16.2. The van der Waals surface area contributed by atoms with E-state index in [1.165, 1.54) is 42.8 Å². The predicted molar refractivity (Wildman–Crippen MR) is 105 cm³/mol. The van der Waals surface area contributed by atoms with E-state index in [1.54, 1.807) is 23.5 Å². The van der Waals surface area contributed by atoms with E-state index in [1.807, 2.05) is 0 Å². The van der Waals surface area contributed by atoms with Gasteiger partial charge in [-0.15, -0.1) is 16.4 Å². The molecule has 0 spiro atoms. The molecule has 27 heavy (non-hydrogen) atoms. The van der Waals surface area contributed by atoms with Gasteiger partial charge >= 0.3 is 6.09 Å². The second kappa shape index (κ2) is 10.8. The second-order valence-corrected chi connectivity index (χ2v) is 8.13. The highest BCUT2D eigenvalue weighted by molar-refractivity contribution is 7.14. The lowest BCUT2D eigenvalue weighted by molar-refractivity contribution is -0.110. The number of hydrogen-bond acceptors (Lipinski definition) is 7. The maximum absolute atomic E-state index is 11.8. The van der Waals surface area contributed by atoms with Crippen LogP contribution in [-0.2, 0) is 22.5 Å². The first-order valence-corrected chi connectivity index (χ1v) is 10.7. The van der Waals surface area contributed by atoms with Gasteiger partial charge in [-0.25, -0.2) is 4.79 Å². The van der Waals surface area contributed by atoms with Crippen LogP contribution in [0.15, 0.2) is 6.07 Å². The maximum Gasteiger partial charge on any atom is 0.426 e. The van der Waals surface area contributed by atoms with E-state index in [0.717, 1.165) is 31.1 Å². The summed E-state index contributed by atoms with van der Waals surface area (Å²) in [6.07, 6.45) is 5.56. The van der Waals surface area contributed by atoms with Crippen LogP contribution in [0.25, 0.3) is 0 Å². The van der Waals surface area contributed by atoms with E-state index in [-0.39, 0.29) is 0 Å². The molecule has 1 amide bonds.